The number of aromatic nitrogens is 1. The Morgan fingerprint density at radius 2 is 2.00 bits per heavy atom. The first kappa shape index (κ1) is 16.7. The van der Waals surface area contributed by atoms with Crippen LogP contribution in [-0.2, 0) is 17.7 Å². The summed E-state index contributed by atoms with van der Waals surface area (Å²) in [7, 11) is 1.74. The SMILES string of the molecule is CCc1nc(N2CCN(CC)CC2)sc1CNCCOC. The Hall–Kier alpha value is -0.690. The maximum absolute atomic E-state index is 5.07. The van der Waals surface area contributed by atoms with Crippen molar-refractivity contribution < 1.29 is 4.74 Å². The van der Waals surface area contributed by atoms with Gasteiger partial charge in [-0.1, -0.05) is 13.8 Å². The van der Waals surface area contributed by atoms with Gasteiger partial charge in [-0.2, -0.15) is 0 Å². The zero-order valence-corrected chi connectivity index (χ0v) is 14.3. The minimum atomic E-state index is 0.756. The molecule has 0 bridgehead atoms. The third-order valence-corrected chi connectivity index (χ3v) is 5.12. The largest absolute Gasteiger partial charge is 0.383 e. The lowest BCUT2D eigenvalue weighted by Gasteiger charge is -2.33. The first-order valence-corrected chi connectivity index (χ1v) is 8.75. The number of thiazole rings is 1. The van der Waals surface area contributed by atoms with Crippen LogP contribution < -0.4 is 10.2 Å². The van der Waals surface area contributed by atoms with Crippen molar-refractivity contribution in [1.82, 2.24) is 15.2 Å². The van der Waals surface area contributed by atoms with E-state index in [2.05, 4.69) is 29.0 Å². The van der Waals surface area contributed by atoms with E-state index in [1.165, 1.54) is 15.7 Å². The van der Waals surface area contributed by atoms with Crippen LogP contribution in [0.1, 0.15) is 24.4 Å². The summed E-state index contributed by atoms with van der Waals surface area (Å²) in [6.07, 6.45) is 1.01. The third-order valence-electron chi connectivity index (χ3n) is 3.96. The predicted molar refractivity (Wildman–Crippen MR) is 89.4 cm³/mol. The van der Waals surface area contributed by atoms with E-state index in [4.69, 9.17) is 9.72 Å². The van der Waals surface area contributed by atoms with Crippen LogP contribution in [0.25, 0.3) is 0 Å². The highest BCUT2D eigenvalue weighted by Gasteiger charge is 2.20. The van der Waals surface area contributed by atoms with Crippen molar-refractivity contribution in [3.8, 4) is 0 Å². The number of hydrogen-bond acceptors (Lipinski definition) is 6. The van der Waals surface area contributed by atoms with Crippen molar-refractivity contribution in [3.05, 3.63) is 10.6 Å². The molecule has 5 nitrogen and oxygen atoms in total. The number of nitrogens with zero attached hydrogens (tertiary/aromatic N) is 3. The second kappa shape index (κ2) is 8.68. The van der Waals surface area contributed by atoms with Gasteiger partial charge in [0.25, 0.3) is 0 Å². The monoisotopic (exact) mass is 312 g/mol. The Bertz CT molecular complexity index is 416. The molecular formula is C15H28N4OS. The molecule has 0 amide bonds. The number of ether oxygens (including phenoxy) is 1. The molecule has 0 unspecified atom stereocenters. The van der Waals surface area contributed by atoms with Crippen molar-refractivity contribution in [3.63, 3.8) is 0 Å². The van der Waals surface area contributed by atoms with Crippen LogP contribution >= 0.6 is 11.3 Å². The summed E-state index contributed by atoms with van der Waals surface area (Å²) in [5, 5.41) is 4.63. The number of piperazine rings is 1. The average Bonchev–Trinajstić information content (AvgIpc) is 2.95. The summed E-state index contributed by atoms with van der Waals surface area (Å²) < 4.78 is 5.07. The van der Waals surface area contributed by atoms with Crippen LogP contribution in [0.3, 0.4) is 0 Å². The van der Waals surface area contributed by atoms with Gasteiger partial charge in [-0.25, -0.2) is 4.98 Å². The molecule has 0 saturated carbocycles. The topological polar surface area (TPSA) is 40.6 Å². The standard InChI is InChI=1S/C15H28N4OS/c1-4-13-14(12-16-6-11-20-3)21-15(17-13)19-9-7-18(5-2)8-10-19/h16H,4-12H2,1-3H3. The molecule has 2 heterocycles. The summed E-state index contributed by atoms with van der Waals surface area (Å²) in [4.78, 5) is 11.2. The van der Waals surface area contributed by atoms with Gasteiger partial charge in [-0.05, 0) is 13.0 Å². The minimum absolute atomic E-state index is 0.756. The molecule has 1 aromatic heterocycles. The van der Waals surface area contributed by atoms with E-state index in [1.807, 2.05) is 11.3 Å². The first-order chi connectivity index (χ1) is 10.3. The molecule has 120 valence electrons. The van der Waals surface area contributed by atoms with E-state index in [0.29, 0.717) is 0 Å². The molecule has 0 aromatic carbocycles. The fourth-order valence-electron chi connectivity index (χ4n) is 2.55. The quantitative estimate of drug-likeness (QED) is 0.738. The highest BCUT2D eigenvalue weighted by Crippen LogP contribution is 2.27. The van der Waals surface area contributed by atoms with E-state index < -0.39 is 0 Å². The van der Waals surface area contributed by atoms with Gasteiger partial charge in [-0.15, -0.1) is 11.3 Å². The van der Waals surface area contributed by atoms with E-state index in [9.17, 15) is 0 Å². The molecule has 0 atom stereocenters. The third kappa shape index (κ3) is 4.64. The Labute approximate surface area is 132 Å². The number of aryl methyl sites for hydroxylation is 1. The van der Waals surface area contributed by atoms with Gasteiger partial charge in [0.1, 0.15) is 0 Å². The van der Waals surface area contributed by atoms with Gasteiger partial charge in [0.15, 0.2) is 5.13 Å². The number of hydrogen-bond donors (Lipinski definition) is 1. The molecule has 6 heteroatoms. The van der Waals surface area contributed by atoms with Gasteiger partial charge in [0, 0.05) is 51.3 Å². The van der Waals surface area contributed by atoms with Crippen molar-refractivity contribution in [1.29, 1.82) is 0 Å². The Morgan fingerprint density at radius 1 is 1.24 bits per heavy atom. The maximum Gasteiger partial charge on any atom is 0.185 e. The zero-order chi connectivity index (χ0) is 15.1. The summed E-state index contributed by atoms with van der Waals surface area (Å²) in [6.45, 7) is 12.6. The van der Waals surface area contributed by atoms with Crippen molar-refractivity contribution >= 4 is 16.5 Å². The van der Waals surface area contributed by atoms with Gasteiger partial charge in [0.2, 0.25) is 0 Å². The van der Waals surface area contributed by atoms with E-state index in [1.54, 1.807) is 7.11 Å². The van der Waals surface area contributed by atoms with Crippen LogP contribution in [0.4, 0.5) is 5.13 Å². The highest BCUT2D eigenvalue weighted by molar-refractivity contribution is 7.15. The lowest BCUT2D eigenvalue weighted by molar-refractivity contribution is 0.199. The number of likely N-dealkylation sites (N-methyl/N-ethyl adjacent to an activating group) is 1. The molecule has 21 heavy (non-hydrogen) atoms. The van der Waals surface area contributed by atoms with E-state index in [-0.39, 0.29) is 0 Å². The molecule has 2 rings (SSSR count). The molecule has 0 aliphatic carbocycles. The lowest BCUT2D eigenvalue weighted by atomic mass is 10.3. The highest BCUT2D eigenvalue weighted by atomic mass is 32.1. The number of methoxy groups -OCH3 is 1. The van der Waals surface area contributed by atoms with Gasteiger partial charge in [-0.3, -0.25) is 0 Å². The molecule has 1 N–H and O–H groups in total. The number of nitrogens with one attached hydrogen (secondary N) is 1. The predicted octanol–water partition coefficient (Wildman–Crippen LogP) is 1.58. The normalized spacial score (nSPS) is 16.6. The van der Waals surface area contributed by atoms with E-state index >= 15 is 0 Å². The molecule has 1 saturated heterocycles. The van der Waals surface area contributed by atoms with Gasteiger partial charge < -0.3 is 19.9 Å². The minimum Gasteiger partial charge on any atom is -0.383 e. The van der Waals surface area contributed by atoms with Crippen LogP contribution in [0.5, 0.6) is 0 Å². The fourth-order valence-corrected chi connectivity index (χ4v) is 3.72. The van der Waals surface area contributed by atoms with Gasteiger partial charge in [0.05, 0.1) is 12.3 Å². The molecule has 1 aliphatic heterocycles. The fraction of sp³-hybridized carbons (Fsp3) is 0.800. The van der Waals surface area contributed by atoms with Crippen molar-refractivity contribution in [2.24, 2.45) is 0 Å². The number of anilines is 1. The van der Waals surface area contributed by atoms with Crippen LogP contribution in [0.2, 0.25) is 0 Å². The van der Waals surface area contributed by atoms with Crippen LogP contribution in [0, 0.1) is 0 Å². The van der Waals surface area contributed by atoms with Crippen molar-refractivity contribution in [2.75, 3.05) is 57.9 Å². The Kier molecular flexibility index (Phi) is 6.89. The zero-order valence-electron chi connectivity index (χ0n) is 13.5. The Morgan fingerprint density at radius 3 is 2.62 bits per heavy atom. The smallest absolute Gasteiger partial charge is 0.185 e. The first-order valence-electron chi connectivity index (χ1n) is 7.94. The maximum atomic E-state index is 5.07. The Balaban J connectivity index is 1.93. The number of rotatable bonds is 8. The van der Waals surface area contributed by atoms with Crippen LogP contribution in [0.15, 0.2) is 0 Å². The summed E-state index contributed by atoms with van der Waals surface area (Å²) in [5.41, 5.74) is 1.25. The van der Waals surface area contributed by atoms with Crippen molar-refractivity contribution in [2.45, 2.75) is 26.8 Å². The lowest BCUT2D eigenvalue weighted by Crippen LogP contribution is -2.46. The van der Waals surface area contributed by atoms with Gasteiger partial charge >= 0.3 is 0 Å². The summed E-state index contributed by atoms with van der Waals surface area (Å²) in [5.74, 6) is 0. The molecular weight excluding hydrogens is 284 g/mol. The average molecular weight is 312 g/mol. The summed E-state index contributed by atoms with van der Waals surface area (Å²) in [6, 6.07) is 0. The molecule has 1 fully saturated rings. The van der Waals surface area contributed by atoms with Crippen LogP contribution in [-0.4, -0.2) is 62.9 Å². The second-order valence-electron chi connectivity index (χ2n) is 5.31. The second-order valence-corrected chi connectivity index (χ2v) is 6.37. The summed E-state index contributed by atoms with van der Waals surface area (Å²) >= 11 is 1.85. The molecule has 0 spiro atoms. The molecule has 1 aliphatic rings. The van der Waals surface area contributed by atoms with E-state index in [0.717, 1.165) is 58.8 Å². The molecule has 0 radical (unpaired) electrons. The molecule has 1 aromatic rings.